The highest BCUT2D eigenvalue weighted by Crippen LogP contribution is 2.22. The third-order valence-corrected chi connectivity index (χ3v) is 5.80. The van der Waals surface area contributed by atoms with Gasteiger partial charge in [0.15, 0.2) is 0 Å². The fourth-order valence-corrected chi connectivity index (χ4v) is 3.82. The quantitative estimate of drug-likeness (QED) is 0.483. The molecule has 1 saturated carbocycles. The third-order valence-electron chi connectivity index (χ3n) is 3.94. The van der Waals surface area contributed by atoms with Crippen molar-refractivity contribution >= 4 is 39.1 Å². The first-order valence-electron chi connectivity index (χ1n) is 8.55. The molecule has 4 N–H and O–H groups in total. The van der Waals surface area contributed by atoms with Gasteiger partial charge in [0, 0.05) is 6.04 Å². The van der Waals surface area contributed by atoms with E-state index in [1.807, 2.05) is 0 Å². The Hall–Kier alpha value is -2.62. The van der Waals surface area contributed by atoms with E-state index in [-0.39, 0.29) is 23.0 Å². The van der Waals surface area contributed by atoms with Crippen LogP contribution in [0.25, 0.3) is 0 Å². The van der Waals surface area contributed by atoms with Gasteiger partial charge in [-0.1, -0.05) is 23.7 Å². The summed E-state index contributed by atoms with van der Waals surface area (Å²) in [6, 6.07) is 12.5. The largest absolute Gasteiger partial charge is 0.343 e. The molecule has 0 saturated heterocycles. The van der Waals surface area contributed by atoms with Gasteiger partial charge in [0.2, 0.25) is 10.0 Å². The summed E-state index contributed by atoms with van der Waals surface area (Å²) in [4.78, 5) is 24.0. The highest BCUT2D eigenvalue weighted by Gasteiger charge is 2.27. The molecule has 10 heteroatoms. The van der Waals surface area contributed by atoms with Gasteiger partial charge in [-0.15, -0.1) is 0 Å². The average molecular weight is 423 g/mol. The fraction of sp³-hybridized carbons (Fsp3) is 0.222. The molecule has 2 aromatic carbocycles. The summed E-state index contributed by atoms with van der Waals surface area (Å²) in [5.41, 5.74) is 5.85. The molecular weight excluding hydrogens is 404 g/mol. The molecular formula is C18H19ClN4O4S. The van der Waals surface area contributed by atoms with E-state index >= 15 is 0 Å². The zero-order valence-electron chi connectivity index (χ0n) is 14.7. The Bertz CT molecular complexity index is 975. The highest BCUT2D eigenvalue weighted by molar-refractivity contribution is 7.89. The molecule has 1 aliphatic rings. The minimum atomic E-state index is -3.52. The van der Waals surface area contributed by atoms with Crippen molar-refractivity contribution in [2.45, 2.75) is 23.8 Å². The number of rotatable bonds is 8. The molecule has 0 aliphatic heterocycles. The summed E-state index contributed by atoms with van der Waals surface area (Å²) in [5, 5.41) is 2.76. The van der Waals surface area contributed by atoms with Crippen LogP contribution in [0, 0.1) is 0 Å². The summed E-state index contributed by atoms with van der Waals surface area (Å²) < 4.78 is 26.8. The molecule has 0 spiro atoms. The number of anilines is 1. The maximum atomic E-state index is 12.1. The second-order valence-corrected chi connectivity index (χ2v) is 8.38. The van der Waals surface area contributed by atoms with E-state index in [1.54, 1.807) is 24.3 Å². The van der Waals surface area contributed by atoms with E-state index in [1.165, 1.54) is 24.3 Å². The number of hydrogen-bond acceptors (Lipinski definition) is 5. The van der Waals surface area contributed by atoms with Crippen LogP contribution in [0.3, 0.4) is 0 Å². The minimum absolute atomic E-state index is 0.0306. The van der Waals surface area contributed by atoms with E-state index in [0.717, 1.165) is 12.8 Å². The summed E-state index contributed by atoms with van der Waals surface area (Å²) in [6.45, 7) is -0.255. The monoisotopic (exact) mass is 422 g/mol. The zero-order valence-corrected chi connectivity index (χ0v) is 16.3. The molecule has 1 fully saturated rings. The Kier molecular flexibility index (Phi) is 6.18. The van der Waals surface area contributed by atoms with Crippen LogP contribution in [0.2, 0.25) is 5.02 Å². The van der Waals surface area contributed by atoms with Gasteiger partial charge in [0.25, 0.3) is 11.8 Å². The van der Waals surface area contributed by atoms with E-state index in [9.17, 15) is 18.0 Å². The van der Waals surface area contributed by atoms with Crippen molar-refractivity contribution in [2.75, 3.05) is 12.0 Å². The van der Waals surface area contributed by atoms with E-state index in [0.29, 0.717) is 10.7 Å². The van der Waals surface area contributed by atoms with Crippen LogP contribution in [0.1, 0.15) is 23.2 Å². The number of nitrogens with one attached hydrogen (secondary N) is 4. The lowest BCUT2D eigenvalue weighted by atomic mass is 10.2. The van der Waals surface area contributed by atoms with Crippen molar-refractivity contribution in [1.29, 1.82) is 0 Å². The average Bonchev–Trinajstić information content (AvgIpc) is 3.48. The van der Waals surface area contributed by atoms with Crippen molar-refractivity contribution in [3.05, 3.63) is 59.1 Å². The first-order chi connectivity index (χ1) is 13.3. The number of benzene rings is 2. The summed E-state index contributed by atoms with van der Waals surface area (Å²) in [6.07, 6.45) is 1.72. The third kappa shape index (κ3) is 5.44. The first-order valence-corrected chi connectivity index (χ1v) is 10.4. The van der Waals surface area contributed by atoms with Crippen molar-refractivity contribution in [2.24, 2.45) is 0 Å². The fourth-order valence-electron chi connectivity index (χ4n) is 2.29. The van der Waals surface area contributed by atoms with Gasteiger partial charge in [0.1, 0.15) is 0 Å². The second-order valence-electron chi connectivity index (χ2n) is 6.26. The van der Waals surface area contributed by atoms with Gasteiger partial charge in [-0.3, -0.25) is 20.4 Å². The smallest absolute Gasteiger partial charge is 0.257 e. The van der Waals surface area contributed by atoms with Gasteiger partial charge < -0.3 is 5.32 Å². The van der Waals surface area contributed by atoms with Crippen molar-refractivity contribution < 1.29 is 18.0 Å². The SMILES string of the molecule is O=C(CNC(=O)c1ccccc1Cl)NNc1ccc(S(=O)(=O)NC2CC2)cc1. The van der Waals surface area contributed by atoms with Gasteiger partial charge in [0.05, 0.1) is 27.7 Å². The molecule has 0 radical (unpaired) electrons. The van der Waals surface area contributed by atoms with Crippen molar-refractivity contribution in [1.82, 2.24) is 15.5 Å². The number of hydrazine groups is 1. The number of halogens is 1. The van der Waals surface area contributed by atoms with Crippen LogP contribution in [0.4, 0.5) is 5.69 Å². The summed E-state index contributed by atoms with van der Waals surface area (Å²) >= 11 is 5.93. The summed E-state index contributed by atoms with van der Waals surface area (Å²) in [7, 11) is -3.52. The Labute approximate surface area is 167 Å². The standard InChI is InChI=1S/C18H19ClN4O4S/c19-16-4-2-1-3-15(16)18(25)20-11-17(24)22-21-12-7-9-14(10-8-12)28(26,27)23-13-5-6-13/h1-4,7-10,13,21,23H,5-6,11H2,(H,20,25)(H,22,24). The second kappa shape index (κ2) is 8.59. The number of sulfonamides is 1. The predicted octanol–water partition coefficient (Wildman–Crippen LogP) is 1.65. The van der Waals surface area contributed by atoms with Crippen LogP contribution < -0.4 is 20.9 Å². The van der Waals surface area contributed by atoms with Gasteiger partial charge in [-0.05, 0) is 49.2 Å². The summed E-state index contributed by atoms with van der Waals surface area (Å²) in [5.74, 6) is -0.939. The number of carbonyl (C=O) groups is 2. The Morgan fingerprint density at radius 2 is 1.71 bits per heavy atom. The Morgan fingerprint density at radius 1 is 1.04 bits per heavy atom. The van der Waals surface area contributed by atoms with E-state index in [2.05, 4.69) is 20.9 Å². The lowest BCUT2D eigenvalue weighted by molar-refractivity contribution is -0.119. The zero-order chi connectivity index (χ0) is 20.1. The molecule has 0 heterocycles. The Balaban J connectivity index is 1.46. The van der Waals surface area contributed by atoms with Gasteiger partial charge >= 0.3 is 0 Å². The van der Waals surface area contributed by atoms with Crippen LogP contribution in [0.5, 0.6) is 0 Å². The topological polar surface area (TPSA) is 116 Å². The lowest BCUT2D eigenvalue weighted by Crippen LogP contribution is -2.39. The molecule has 0 atom stereocenters. The Morgan fingerprint density at radius 3 is 2.36 bits per heavy atom. The molecule has 3 rings (SSSR count). The minimum Gasteiger partial charge on any atom is -0.343 e. The van der Waals surface area contributed by atoms with E-state index < -0.39 is 21.8 Å². The van der Waals surface area contributed by atoms with Crippen molar-refractivity contribution in [3.63, 3.8) is 0 Å². The predicted molar refractivity (Wildman–Crippen MR) is 105 cm³/mol. The molecule has 2 aromatic rings. The molecule has 8 nitrogen and oxygen atoms in total. The molecule has 0 unspecified atom stereocenters. The molecule has 148 valence electrons. The van der Waals surface area contributed by atoms with Crippen LogP contribution in [0.15, 0.2) is 53.4 Å². The first kappa shape index (κ1) is 20.1. The molecule has 0 aromatic heterocycles. The number of amides is 2. The maximum absolute atomic E-state index is 12.1. The van der Waals surface area contributed by atoms with Crippen LogP contribution in [-0.4, -0.2) is 32.8 Å². The molecule has 2 amide bonds. The number of hydrogen-bond donors (Lipinski definition) is 4. The van der Waals surface area contributed by atoms with Crippen molar-refractivity contribution in [3.8, 4) is 0 Å². The van der Waals surface area contributed by atoms with Gasteiger partial charge in [-0.2, -0.15) is 0 Å². The lowest BCUT2D eigenvalue weighted by Gasteiger charge is -2.11. The molecule has 1 aliphatic carbocycles. The molecule has 28 heavy (non-hydrogen) atoms. The number of carbonyl (C=O) groups excluding carboxylic acids is 2. The van der Waals surface area contributed by atoms with Gasteiger partial charge in [-0.25, -0.2) is 13.1 Å². The molecule has 0 bridgehead atoms. The van der Waals surface area contributed by atoms with Crippen LogP contribution in [-0.2, 0) is 14.8 Å². The van der Waals surface area contributed by atoms with Crippen LogP contribution >= 0.6 is 11.6 Å². The van der Waals surface area contributed by atoms with E-state index in [4.69, 9.17) is 11.6 Å². The normalized spacial score (nSPS) is 13.6. The maximum Gasteiger partial charge on any atom is 0.257 e. The highest BCUT2D eigenvalue weighted by atomic mass is 35.5.